The van der Waals surface area contributed by atoms with Crippen molar-refractivity contribution >= 4 is 21.7 Å². The molecule has 0 aliphatic rings. The van der Waals surface area contributed by atoms with Gasteiger partial charge in [-0.15, -0.1) is 0 Å². The third-order valence-electron chi connectivity index (χ3n) is 2.01. The second-order valence-electron chi connectivity index (χ2n) is 3.08. The van der Waals surface area contributed by atoms with Crippen LogP contribution in [0.4, 0.5) is 5.82 Å². The summed E-state index contributed by atoms with van der Waals surface area (Å²) in [5, 5.41) is 0.484. The average Bonchev–Trinajstić information content (AvgIpc) is 2.28. The topological polar surface area (TPSA) is 70.3 Å². The van der Waals surface area contributed by atoms with E-state index in [2.05, 4.69) is 25.9 Å². The highest BCUT2D eigenvalue weighted by Crippen LogP contribution is 2.28. The van der Waals surface area contributed by atoms with Crippen LogP contribution >= 0.6 is 15.9 Å². The van der Waals surface area contributed by atoms with Crippen LogP contribution < -0.4 is 5.73 Å². The lowest BCUT2D eigenvalue weighted by Gasteiger charge is -2.30. The molecule has 0 aromatic carbocycles. The summed E-state index contributed by atoms with van der Waals surface area (Å²) in [6.45, 7) is 4.85. The monoisotopic (exact) mass is 289 g/mol. The Morgan fingerprint density at radius 3 is 2.38 bits per heavy atom. The van der Waals surface area contributed by atoms with Crippen LogP contribution in [0.1, 0.15) is 19.5 Å². The highest BCUT2D eigenvalue weighted by Gasteiger charge is 2.34. The molecule has 0 saturated carbocycles. The Kier molecular flexibility index (Phi) is 5.11. The molecule has 16 heavy (non-hydrogen) atoms. The molecule has 5 nitrogen and oxygen atoms in total. The molecule has 0 bridgehead atoms. The fraction of sp³-hybridized carbons (Fsp3) is 0.600. The number of aromatic nitrogens is 2. The summed E-state index contributed by atoms with van der Waals surface area (Å²) in [4.78, 5) is 8.00. The molecule has 0 spiro atoms. The number of ether oxygens (including phenoxy) is 2. The lowest BCUT2D eigenvalue weighted by Crippen LogP contribution is -2.36. The van der Waals surface area contributed by atoms with Gasteiger partial charge in [0, 0.05) is 19.3 Å². The van der Waals surface area contributed by atoms with Crippen molar-refractivity contribution in [3.05, 3.63) is 18.1 Å². The van der Waals surface area contributed by atoms with E-state index in [1.165, 1.54) is 6.33 Å². The fourth-order valence-electron chi connectivity index (χ4n) is 1.38. The van der Waals surface area contributed by atoms with E-state index in [1.54, 1.807) is 6.07 Å². The SMILES string of the molecule is CCOC(CBr)(OCC)c1cc(N)ncn1. The molecule has 90 valence electrons. The Hall–Kier alpha value is -0.720. The van der Waals surface area contributed by atoms with Gasteiger partial charge in [0.05, 0.1) is 5.33 Å². The Morgan fingerprint density at radius 1 is 1.31 bits per heavy atom. The predicted molar refractivity (Wildman–Crippen MR) is 65.2 cm³/mol. The second kappa shape index (κ2) is 6.12. The maximum atomic E-state index is 5.65. The average molecular weight is 290 g/mol. The van der Waals surface area contributed by atoms with Gasteiger partial charge in [0.2, 0.25) is 5.79 Å². The Morgan fingerprint density at radius 2 is 1.94 bits per heavy atom. The van der Waals surface area contributed by atoms with Crippen molar-refractivity contribution in [2.75, 3.05) is 24.3 Å². The minimum Gasteiger partial charge on any atom is -0.384 e. The number of hydrogen-bond acceptors (Lipinski definition) is 5. The Bertz CT molecular complexity index is 330. The van der Waals surface area contributed by atoms with E-state index in [-0.39, 0.29) is 0 Å². The smallest absolute Gasteiger partial charge is 0.222 e. The zero-order valence-corrected chi connectivity index (χ0v) is 11.0. The Balaban J connectivity index is 3.07. The van der Waals surface area contributed by atoms with E-state index in [0.717, 1.165) is 0 Å². The first-order chi connectivity index (χ1) is 7.68. The summed E-state index contributed by atoms with van der Waals surface area (Å²) in [5.74, 6) is -0.490. The van der Waals surface area contributed by atoms with Crippen molar-refractivity contribution in [3.8, 4) is 0 Å². The Labute approximate surface area is 103 Å². The van der Waals surface area contributed by atoms with Gasteiger partial charge in [0.25, 0.3) is 0 Å². The molecule has 0 saturated heterocycles. The predicted octanol–water partition coefficient (Wildman–Crippen LogP) is 1.68. The van der Waals surface area contributed by atoms with Gasteiger partial charge in [-0.3, -0.25) is 0 Å². The van der Waals surface area contributed by atoms with Crippen LogP contribution in [0.15, 0.2) is 12.4 Å². The zero-order chi connectivity index (χ0) is 12.0. The van der Waals surface area contributed by atoms with Crippen molar-refractivity contribution in [1.82, 2.24) is 9.97 Å². The minimum absolute atomic E-state index is 0.398. The molecular weight excluding hydrogens is 274 g/mol. The molecule has 6 heteroatoms. The highest BCUT2D eigenvalue weighted by atomic mass is 79.9. The second-order valence-corrected chi connectivity index (χ2v) is 3.64. The summed E-state index contributed by atoms with van der Waals surface area (Å²) < 4.78 is 11.3. The van der Waals surface area contributed by atoms with E-state index < -0.39 is 5.79 Å². The van der Waals surface area contributed by atoms with Gasteiger partial charge in [0.15, 0.2) is 0 Å². The van der Waals surface area contributed by atoms with Crippen molar-refractivity contribution < 1.29 is 9.47 Å². The van der Waals surface area contributed by atoms with Crippen LogP contribution in [0.3, 0.4) is 0 Å². The number of nitrogen functional groups attached to an aromatic ring is 1. The molecule has 1 aromatic rings. The molecule has 0 unspecified atom stereocenters. The molecule has 0 atom stereocenters. The van der Waals surface area contributed by atoms with E-state index in [9.17, 15) is 0 Å². The number of nitrogens with zero attached hydrogens (tertiary/aromatic N) is 2. The number of anilines is 1. The van der Waals surface area contributed by atoms with Crippen LogP contribution in [0, 0.1) is 0 Å². The van der Waals surface area contributed by atoms with Crippen LogP contribution in [0.25, 0.3) is 0 Å². The summed E-state index contributed by atoms with van der Waals surface area (Å²) in [6, 6.07) is 1.66. The standard InChI is InChI=1S/C10H16BrN3O2/c1-3-15-10(6-11,16-4-2)8-5-9(12)14-7-13-8/h5,7H,3-4,6H2,1-2H3,(H2,12,13,14). The molecule has 0 amide bonds. The van der Waals surface area contributed by atoms with Crippen molar-refractivity contribution in [1.29, 1.82) is 0 Å². The molecule has 0 radical (unpaired) electrons. The van der Waals surface area contributed by atoms with Crippen LogP contribution in [0.2, 0.25) is 0 Å². The first-order valence-electron chi connectivity index (χ1n) is 5.10. The van der Waals surface area contributed by atoms with Crippen LogP contribution in [-0.2, 0) is 15.3 Å². The fourth-order valence-corrected chi connectivity index (χ4v) is 1.99. The molecule has 1 heterocycles. The molecule has 1 rings (SSSR count). The summed E-state index contributed by atoms with van der Waals surface area (Å²) in [6.07, 6.45) is 1.40. The van der Waals surface area contributed by atoms with E-state index in [0.29, 0.717) is 30.1 Å². The minimum atomic E-state index is -0.888. The maximum absolute atomic E-state index is 5.65. The highest BCUT2D eigenvalue weighted by molar-refractivity contribution is 9.09. The quantitative estimate of drug-likeness (QED) is 0.637. The molecular formula is C10H16BrN3O2. The third kappa shape index (κ3) is 2.90. The number of hydrogen-bond donors (Lipinski definition) is 1. The molecule has 0 fully saturated rings. The van der Waals surface area contributed by atoms with Crippen LogP contribution in [0.5, 0.6) is 0 Å². The van der Waals surface area contributed by atoms with Gasteiger partial charge in [-0.05, 0) is 13.8 Å². The van der Waals surface area contributed by atoms with Crippen molar-refractivity contribution in [2.45, 2.75) is 19.6 Å². The number of alkyl halides is 1. The number of halogens is 1. The van der Waals surface area contributed by atoms with Gasteiger partial charge in [-0.1, -0.05) is 15.9 Å². The largest absolute Gasteiger partial charge is 0.384 e. The summed E-state index contributed by atoms with van der Waals surface area (Å²) in [5.41, 5.74) is 6.25. The van der Waals surface area contributed by atoms with Crippen molar-refractivity contribution in [3.63, 3.8) is 0 Å². The lowest BCUT2D eigenvalue weighted by atomic mass is 10.2. The van der Waals surface area contributed by atoms with E-state index in [4.69, 9.17) is 15.2 Å². The maximum Gasteiger partial charge on any atom is 0.222 e. The first kappa shape index (κ1) is 13.3. The summed E-state index contributed by atoms with van der Waals surface area (Å²) >= 11 is 3.39. The number of nitrogens with two attached hydrogens (primary N) is 1. The van der Waals surface area contributed by atoms with Crippen LogP contribution in [-0.4, -0.2) is 28.5 Å². The van der Waals surface area contributed by atoms with Crippen molar-refractivity contribution in [2.24, 2.45) is 0 Å². The third-order valence-corrected chi connectivity index (χ3v) is 2.75. The summed E-state index contributed by atoms with van der Waals surface area (Å²) in [7, 11) is 0. The zero-order valence-electron chi connectivity index (χ0n) is 9.44. The van der Waals surface area contributed by atoms with E-state index in [1.807, 2.05) is 13.8 Å². The van der Waals surface area contributed by atoms with Gasteiger partial charge in [-0.2, -0.15) is 0 Å². The molecule has 2 N–H and O–H groups in total. The molecule has 0 aliphatic carbocycles. The van der Waals surface area contributed by atoms with Gasteiger partial charge >= 0.3 is 0 Å². The lowest BCUT2D eigenvalue weighted by molar-refractivity contribution is -0.227. The first-order valence-corrected chi connectivity index (χ1v) is 6.22. The number of rotatable bonds is 6. The molecule has 0 aliphatic heterocycles. The van der Waals surface area contributed by atoms with Gasteiger partial charge in [0.1, 0.15) is 17.8 Å². The normalized spacial score (nSPS) is 11.7. The van der Waals surface area contributed by atoms with Gasteiger partial charge < -0.3 is 15.2 Å². The van der Waals surface area contributed by atoms with Gasteiger partial charge in [-0.25, -0.2) is 9.97 Å². The van der Waals surface area contributed by atoms with E-state index >= 15 is 0 Å². The molecule has 1 aromatic heterocycles.